The maximum Gasteiger partial charge on any atom is 0.310 e. The Hall–Kier alpha value is -2.46. The van der Waals surface area contributed by atoms with Crippen molar-refractivity contribution >= 4 is 40.8 Å². The van der Waals surface area contributed by atoms with E-state index in [4.69, 9.17) is 4.74 Å². The maximum absolute atomic E-state index is 12.1. The Balaban J connectivity index is 1.38. The molecule has 3 aromatic heterocycles. The topological polar surface area (TPSA) is 98.5 Å². The van der Waals surface area contributed by atoms with Crippen LogP contribution in [-0.2, 0) is 26.5 Å². The zero-order chi connectivity index (χ0) is 19.9. The van der Waals surface area contributed by atoms with Gasteiger partial charge in [0.15, 0.2) is 6.61 Å². The number of thioether (sulfide) groups is 1. The fourth-order valence-corrected chi connectivity index (χ4v) is 4.33. The largest absolute Gasteiger partial charge is 0.455 e. The van der Waals surface area contributed by atoms with Gasteiger partial charge in [0.2, 0.25) is 0 Å². The number of nitrogens with zero attached hydrogens (tertiary/aromatic N) is 4. The molecule has 1 N–H and O–H groups in total. The second-order valence-corrected chi connectivity index (χ2v) is 8.19. The molecule has 0 saturated carbocycles. The Morgan fingerprint density at radius 2 is 2.21 bits per heavy atom. The number of aromatic nitrogens is 4. The third-order valence-corrected chi connectivity index (χ3v) is 6.13. The fraction of sp³-hybridized carbons (Fsp3) is 0.389. The summed E-state index contributed by atoms with van der Waals surface area (Å²) >= 11 is 3.47. The van der Waals surface area contributed by atoms with Gasteiger partial charge in [0, 0.05) is 39.9 Å². The summed E-state index contributed by atoms with van der Waals surface area (Å²) in [6.07, 6.45) is 1.45. The molecule has 0 fully saturated rings. The number of amides is 1. The van der Waals surface area contributed by atoms with Crippen molar-refractivity contribution in [3.63, 3.8) is 0 Å². The minimum Gasteiger partial charge on any atom is -0.455 e. The van der Waals surface area contributed by atoms with Crippen molar-refractivity contribution in [2.75, 3.05) is 18.9 Å². The Morgan fingerprint density at radius 3 is 3.00 bits per heavy atom. The molecule has 0 aliphatic heterocycles. The first-order valence-corrected chi connectivity index (χ1v) is 10.8. The molecule has 8 nitrogen and oxygen atoms in total. The van der Waals surface area contributed by atoms with Gasteiger partial charge < -0.3 is 10.1 Å². The zero-order valence-corrected chi connectivity index (χ0v) is 17.3. The summed E-state index contributed by atoms with van der Waals surface area (Å²) in [5.41, 5.74) is 2.21. The van der Waals surface area contributed by atoms with E-state index in [9.17, 15) is 9.59 Å². The molecule has 1 amide bonds. The molecule has 0 aromatic carbocycles. The van der Waals surface area contributed by atoms with Crippen LogP contribution in [0.15, 0.2) is 23.8 Å². The van der Waals surface area contributed by atoms with Crippen molar-refractivity contribution in [1.82, 2.24) is 24.9 Å². The molecule has 0 spiro atoms. The van der Waals surface area contributed by atoms with Crippen LogP contribution in [0.1, 0.15) is 21.8 Å². The molecular formula is C18H21N5O3S2. The second-order valence-electron chi connectivity index (χ2n) is 6.05. The lowest BCUT2D eigenvalue weighted by atomic mass is 10.1. The molecule has 0 saturated heterocycles. The lowest BCUT2D eigenvalue weighted by Crippen LogP contribution is -2.31. The number of carbonyl (C=O) groups excluding carboxylic acids is 2. The van der Waals surface area contributed by atoms with Gasteiger partial charge in [-0.1, -0.05) is 6.07 Å². The average molecular weight is 420 g/mol. The summed E-state index contributed by atoms with van der Waals surface area (Å²) in [7, 11) is 0. The summed E-state index contributed by atoms with van der Waals surface area (Å²) < 4.78 is 6.68. The smallest absolute Gasteiger partial charge is 0.310 e. The highest BCUT2D eigenvalue weighted by atomic mass is 32.2. The summed E-state index contributed by atoms with van der Waals surface area (Å²) in [5, 5.41) is 8.90. The molecule has 0 aliphatic rings. The standard InChI is InChI=1S/C18H21N5O3S2/c1-12-15(13(2)23-18(22-12)20-11-21-23)8-17(25)26-9-16(24)19-5-7-27-10-14-4-3-6-28-14/h3-4,6,11H,5,7-10H2,1-2H3,(H,19,24). The van der Waals surface area contributed by atoms with Gasteiger partial charge in [-0.15, -0.1) is 11.3 Å². The fourth-order valence-electron chi connectivity index (χ4n) is 2.63. The van der Waals surface area contributed by atoms with Crippen molar-refractivity contribution in [3.8, 4) is 0 Å². The Labute approximate surface area is 170 Å². The molecule has 3 heterocycles. The van der Waals surface area contributed by atoms with Crippen molar-refractivity contribution in [2.24, 2.45) is 0 Å². The van der Waals surface area contributed by atoms with Crippen LogP contribution < -0.4 is 5.32 Å². The van der Waals surface area contributed by atoms with Gasteiger partial charge in [0.1, 0.15) is 6.33 Å². The van der Waals surface area contributed by atoms with Crippen LogP contribution in [0, 0.1) is 13.8 Å². The normalized spacial score (nSPS) is 10.9. The van der Waals surface area contributed by atoms with Gasteiger partial charge in [-0.05, 0) is 25.3 Å². The number of carbonyl (C=O) groups is 2. The quantitative estimate of drug-likeness (QED) is 0.418. The molecule has 0 unspecified atom stereocenters. The van der Waals surface area contributed by atoms with E-state index in [-0.39, 0.29) is 18.9 Å². The first-order valence-electron chi connectivity index (χ1n) is 8.73. The van der Waals surface area contributed by atoms with E-state index in [1.807, 2.05) is 19.9 Å². The third kappa shape index (κ3) is 5.29. The van der Waals surface area contributed by atoms with Gasteiger partial charge in [-0.25, -0.2) is 9.50 Å². The molecule has 10 heteroatoms. The van der Waals surface area contributed by atoms with Gasteiger partial charge in [-0.3, -0.25) is 9.59 Å². The minimum atomic E-state index is -0.477. The highest BCUT2D eigenvalue weighted by molar-refractivity contribution is 7.98. The minimum absolute atomic E-state index is 0.0322. The SMILES string of the molecule is Cc1nc2ncnn2c(C)c1CC(=O)OCC(=O)NCCSCc1cccs1. The maximum atomic E-state index is 12.1. The molecular weight excluding hydrogens is 398 g/mol. The predicted octanol–water partition coefficient (Wildman–Crippen LogP) is 1.94. The van der Waals surface area contributed by atoms with Crippen LogP contribution in [0.3, 0.4) is 0 Å². The van der Waals surface area contributed by atoms with Gasteiger partial charge >= 0.3 is 5.97 Å². The van der Waals surface area contributed by atoms with E-state index in [0.29, 0.717) is 18.0 Å². The van der Waals surface area contributed by atoms with Gasteiger partial charge in [0.25, 0.3) is 11.7 Å². The van der Waals surface area contributed by atoms with Crippen LogP contribution in [0.25, 0.3) is 5.78 Å². The highest BCUT2D eigenvalue weighted by Crippen LogP contribution is 2.16. The zero-order valence-electron chi connectivity index (χ0n) is 15.7. The number of ether oxygens (including phenoxy) is 1. The van der Waals surface area contributed by atoms with E-state index < -0.39 is 5.97 Å². The number of hydrogen-bond donors (Lipinski definition) is 1. The number of thiophene rings is 1. The lowest BCUT2D eigenvalue weighted by molar-refractivity contribution is -0.147. The summed E-state index contributed by atoms with van der Waals surface area (Å²) in [4.78, 5) is 33.6. The summed E-state index contributed by atoms with van der Waals surface area (Å²) in [6, 6.07) is 4.12. The number of esters is 1. The first kappa shape index (κ1) is 20.3. The van der Waals surface area contributed by atoms with E-state index in [2.05, 4.69) is 31.8 Å². The number of rotatable bonds is 9. The van der Waals surface area contributed by atoms with Crippen LogP contribution in [0.4, 0.5) is 0 Å². The van der Waals surface area contributed by atoms with Crippen LogP contribution in [0.2, 0.25) is 0 Å². The van der Waals surface area contributed by atoms with Gasteiger partial charge in [-0.2, -0.15) is 21.8 Å². The average Bonchev–Trinajstić information content (AvgIpc) is 3.35. The Bertz CT molecular complexity index is 956. The Kier molecular flexibility index (Phi) is 6.99. The van der Waals surface area contributed by atoms with E-state index in [1.54, 1.807) is 27.6 Å². The number of nitrogens with one attached hydrogen (secondary N) is 1. The molecule has 3 rings (SSSR count). The number of aryl methyl sites for hydroxylation is 2. The predicted molar refractivity (Wildman–Crippen MR) is 108 cm³/mol. The van der Waals surface area contributed by atoms with Crippen molar-refractivity contribution in [1.29, 1.82) is 0 Å². The van der Waals surface area contributed by atoms with Crippen LogP contribution >= 0.6 is 23.1 Å². The molecule has 28 heavy (non-hydrogen) atoms. The summed E-state index contributed by atoms with van der Waals surface area (Å²) in [6.45, 7) is 3.91. The van der Waals surface area contributed by atoms with Crippen LogP contribution in [-0.4, -0.2) is 50.4 Å². The molecule has 3 aromatic rings. The van der Waals surface area contributed by atoms with Crippen LogP contribution in [0.5, 0.6) is 0 Å². The monoisotopic (exact) mass is 419 g/mol. The number of hydrogen-bond acceptors (Lipinski definition) is 8. The van der Waals surface area contributed by atoms with Crippen molar-refractivity contribution in [3.05, 3.63) is 45.7 Å². The highest BCUT2D eigenvalue weighted by Gasteiger charge is 2.16. The van der Waals surface area contributed by atoms with E-state index in [1.165, 1.54) is 11.2 Å². The molecule has 0 aliphatic carbocycles. The third-order valence-electron chi connectivity index (χ3n) is 4.07. The number of fused-ring (bicyclic) bond motifs is 1. The first-order chi connectivity index (χ1) is 13.5. The molecule has 148 valence electrons. The molecule has 0 atom stereocenters. The molecule has 0 bridgehead atoms. The van der Waals surface area contributed by atoms with Crippen molar-refractivity contribution in [2.45, 2.75) is 26.0 Å². The Morgan fingerprint density at radius 1 is 1.36 bits per heavy atom. The summed E-state index contributed by atoms with van der Waals surface area (Å²) in [5.74, 6) is 1.45. The van der Waals surface area contributed by atoms with E-state index in [0.717, 1.165) is 22.8 Å². The molecule has 0 radical (unpaired) electrons. The van der Waals surface area contributed by atoms with E-state index >= 15 is 0 Å². The second kappa shape index (κ2) is 9.65. The lowest BCUT2D eigenvalue weighted by Gasteiger charge is -2.10. The van der Waals surface area contributed by atoms with Crippen molar-refractivity contribution < 1.29 is 14.3 Å². The van der Waals surface area contributed by atoms with Gasteiger partial charge in [0.05, 0.1) is 6.42 Å².